The number of anilines is 1. The lowest BCUT2D eigenvalue weighted by Gasteiger charge is -2.20. The maximum atomic E-state index is 13.9. The molecule has 1 saturated heterocycles. The predicted molar refractivity (Wildman–Crippen MR) is 139 cm³/mol. The highest BCUT2D eigenvalue weighted by Gasteiger charge is 2.34. The molecule has 5 rings (SSSR count). The standard InChI is InChI=1S/C29H30N2O4S/c1-34-24-16-18-25(19-17-24)36(32,33)28-29(31-20-10-2-3-11-21-31)35-27(30-28)26(22-12-6-4-7-13-22)23-14-8-5-9-15-23/h4-9,12-19,26H,2-3,10-11,20-21H2,1H3. The summed E-state index contributed by atoms with van der Waals surface area (Å²) in [6, 6.07) is 26.3. The van der Waals surface area contributed by atoms with Gasteiger partial charge in [-0.05, 0) is 48.2 Å². The molecule has 4 aromatic rings. The first kappa shape index (κ1) is 24.1. The number of methoxy groups -OCH3 is 1. The van der Waals surface area contributed by atoms with Gasteiger partial charge in [0, 0.05) is 13.1 Å². The Morgan fingerprint density at radius 3 is 1.89 bits per heavy atom. The van der Waals surface area contributed by atoms with Crippen molar-refractivity contribution in [1.82, 2.24) is 4.98 Å². The number of hydrogen-bond acceptors (Lipinski definition) is 6. The van der Waals surface area contributed by atoms with Crippen molar-refractivity contribution in [3.63, 3.8) is 0 Å². The fourth-order valence-electron chi connectivity index (χ4n) is 4.72. The SMILES string of the molecule is COc1ccc(S(=O)(=O)c2nc(C(c3ccccc3)c3ccccc3)oc2N2CCCCCC2)cc1. The molecule has 7 heteroatoms. The van der Waals surface area contributed by atoms with E-state index in [1.165, 1.54) is 0 Å². The maximum Gasteiger partial charge on any atom is 0.236 e. The molecule has 6 nitrogen and oxygen atoms in total. The van der Waals surface area contributed by atoms with Crippen LogP contribution in [0.4, 0.5) is 5.88 Å². The van der Waals surface area contributed by atoms with Gasteiger partial charge in [-0.25, -0.2) is 8.42 Å². The van der Waals surface area contributed by atoms with Gasteiger partial charge in [-0.3, -0.25) is 0 Å². The molecular weight excluding hydrogens is 472 g/mol. The smallest absolute Gasteiger partial charge is 0.236 e. The molecule has 0 saturated carbocycles. The summed E-state index contributed by atoms with van der Waals surface area (Å²) >= 11 is 0. The molecular formula is C29H30N2O4S. The van der Waals surface area contributed by atoms with Crippen molar-refractivity contribution in [1.29, 1.82) is 0 Å². The van der Waals surface area contributed by atoms with E-state index in [0.29, 0.717) is 17.5 Å². The number of nitrogens with zero attached hydrogens (tertiary/aromatic N) is 2. The Morgan fingerprint density at radius 1 is 0.806 bits per heavy atom. The van der Waals surface area contributed by atoms with E-state index in [4.69, 9.17) is 14.1 Å². The first-order valence-electron chi connectivity index (χ1n) is 12.3. The third-order valence-electron chi connectivity index (χ3n) is 6.63. The quantitative estimate of drug-likeness (QED) is 0.305. The van der Waals surface area contributed by atoms with E-state index in [0.717, 1.165) is 49.9 Å². The fraction of sp³-hybridized carbons (Fsp3) is 0.276. The Bertz CT molecular complexity index is 1340. The molecule has 1 aliphatic rings. The second-order valence-electron chi connectivity index (χ2n) is 9.00. The first-order chi connectivity index (χ1) is 17.6. The molecule has 0 radical (unpaired) electrons. The molecule has 0 bridgehead atoms. The van der Waals surface area contributed by atoms with Crippen LogP contribution >= 0.6 is 0 Å². The molecule has 1 aromatic heterocycles. The van der Waals surface area contributed by atoms with Gasteiger partial charge in [-0.15, -0.1) is 0 Å². The van der Waals surface area contributed by atoms with E-state index >= 15 is 0 Å². The third kappa shape index (κ3) is 4.88. The molecule has 3 aromatic carbocycles. The molecule has 1 fully saturated rings. The number of aromatic nitrogens is 1. The molecule has 0 N–H and O–H groups in total. The molecule has 186 valence electrons. The van der Waals surface area contributed by atoms with Gasteiger partial charge in [0.2, 0.25) is 26.6 Å². The molecule has 0 unspecified atom stereocenters. The average Bonchev–Trinajstić information content (AvgIpc) is 3.18. The molecule has 2 heterocycles. The highest BCUT2D eigenvalue weighted by molar-refractivity contribution is 7.91. The Balaban J connectivity index is 1.67. The van der Waals surface area contributed by atoms with Crippen LogP contribution in [0.3, 0.4) is 0 Å². The molecule has 0 amide bonds. The van der Waals surface area contributed by atoms with Crippen LogP contribution < -0.4 is 9.64 Å². The second-order valence-corrected chi connectivity index (χ2v) is 10.9. The minimum atomic E-state index is -3.93. The molecule has 0 aliphatic carbocycles. The molecule has 0 spiro atoms. The van der Waals surface area contributed by atoms with E-state index in [-0.39, 0.29) is 15.8 Å². The molecule has 1 aliphatic heterocycles. The monoisotopic (exact) mass is 502 g/mol. The molecule has 36 heavy (non-hydrogen) atoms. The van der Waals surface area contributed by atoms with Crippen molar-refractivity contribution in [3.05, 3.63) is 102 Å². The largest absolute Gasteiger partial charge is 0.497 e. The number of oxazole rings is 1. The lowest BCUT2D eigenvalue weighted by Crippen LogP contribution is -2.25. The van der Waals surface area contributed by atoms with E-state index in [9.17, 15) is 8.42 Å². The van der Waals surface area contributed by atoms with Gasteiger partial charge in [-0.2, -0.15) is 4.98 Å². The summed E-state index contributed by atoms with van der Waals surface area (Å²) in [6.07, 6.45) is 4.21. The summed E-state index contributed by atoms with van der Waals surface area (Å²) in [4.78, 5) is 6.94. The van der Waals surface area contributed by atoms with Crippen LogP contribution in [0.2, 0.25) is 0 Å². The van der Waals surface area contributed by atoms with Gasteiger partial charge in [0.15, 0.2) is 0 Å². The van der Waals surface area contributed by atoms with E-state index in [1.54, 1.807) is 31.4 Å². The summed E-state index contributed by atoms with van der Waals surface area (Å²) in [5.74, 6) is 0.965. The normalized spacial score (nSPS) is 14.6. The summed E-state index contributed by atoms with van der Waals surface area (Å²) in [7, 11) is -2.38. The third-order valence-corrected chi connectivity index (χ3v) is 8.29. The highest BCUT2D eigenvalue weighted by atomic mass is 32.2. The number of hydrogen-bond donors (Lipinski definition) is 0. The zero-order valence-electron chi connectivity index (χ0n) is 20.3. The summed E-state index contributed by atoms with van der Waals surface area (Å²) in [5.41, 5.74) is 1.97. The van der Waals surface area contributed by atoms with E-state index in [1.807, 2.05) is 65.6 Å². The number of ether oxygens (including phenoxy) is 1. The summed E-state index contributed by atoms with van der Waals surface area (Å²) < 4.78 is 39.5. The zero-order chi connectivity index (χ0) is 25.0. The van der Waals surface area contributed by atoms with Gasteiger partial charge >= 0.3 is 0 Å². The van der Waals surface area contributed by atoms with E-state index in [2.05, 4.69) is 0 Å². The topological polar surface area (TPSA) is 72.6 Å². The van der Waals surface area contributed by atoms with Crippen LogP contribution in [0.25, 0.3) is 0 Å². The minimum absolute atomic E-state index is 0.0265. The van der Waals surface area contributed by atoms with Crippen molar-refractivity contribution in [2.24, 2.45) is 0 Å². The highest BCUT2D eigenvalue weighted by Crippen LogP contribution is 2.39. The Morgan fingerprint density at radius 2 is 1.36 bits per heavy atom. The van der Waals surface area contributed by atoms with Gasteiger partial charge in [0.1, 0.15) is 5.75 Å². The lowest BCUT2D eigenvalue weighted by molar-refractivity contribution is 0.414. The van der Waals surface area contributed by atoms with Gasteiger partial charge in [-0.1, -0.05) is 73.5 Å². The van der Waals surface area contributed by atoms with Gasteiger partial charge < -0.3 is 14.1 Å². The van der Waals surface area contributed by atoms with Crippen LogP contribution in [0.15, 0.2) is 99.3 Å². The Hall–Kier alpha value is -3.58. The van der Waals surface area contributed by atoms with Crippen molar-refractivity contribution >= 4 is 15.7 Å². The minimum Gasteiger partial charge on any atom is -0.497 e. The lowest BCUT2D eigenvalue weighted by atomic mass is 9.91. The fourth-order valence-corrected chi connectivity index (χ4v) is 6.05. The number of rotatable bonds is 7. The Labute approximate surface area is 212 Å². The summed E-state index contributed by atoms with van der Waals surface area (Å²) in [5, 5.41) is -0.0265. The van der Waals surface area contributed by atoms with Crippen molar-refractivity contribution < 1.29 is 17.6 Å². The number of benzene rings is 3. The van der Waals surface area contributed by atoms with Crippen LogP contribution in [0, 0.1) is 0 Å². The Kier molecular flexibility index (Phi) is 7.09. The van der Waals surface area contributed by atoms with Crippen molar-refractivity contribution in [2.45, 2.75) is 41.5 Å². The van der Waals surface area contributed by atoms with Crippen LogP contribution in [-0.4, -0.2) is 33.6 Å². The predicted octanol–water partition coefficient (Wildman–Crippen LogP) is 6.08. The van der Waals surface area contributed by atoms with Gasteiger partial charge in [0.05, 0.1) is 17.9 Å². The molecule has 0 atom stereocenters. The van der Waals surface area contributed by atoms with Gasteiger partial charge in [0.25, 0.3) is 0 Å². The van der Waals surface area contributed by atoms with E-state index < -0.39 is 9.84 Å². The first-order valence-corrected chi connectivity index (χ1v) is 13.8. The van der Waals surface area contributed by atoms with Crippen LogP contribution in [0.1, 0.15) is 48.6 Å². The van der Waals surface area contributed by atoms with Crippen molar-refractivity contribution in [2.75, 3.05) is 25.1 Å². The average molecular weight is 503 g/mol. The van der Waals surface area contributed by atoms with Crippen molar-refractivity contribution in [3.8, 4) is 5.75 Å². The van der Waals surface area contributed by atoms with Crippen LogP contribution in [-0.2, 0) is 9.84 Å². The maximum absolute atomic E-state index is 13.9. The number of sulfone groups is 1. The summed E-state index contributed by atoms with van der Waals surface area (Å²) in [6.45, 7) is 1.47. The zero-order valence-corrected chi connectivity index (χ0v) is 21.2. The van der Waals surface area contributed by atoms with Crippen LogP contribution in [0.5, 0.6) is 5.75 Å². The second kappa shape index (κ2) is 10.6.